The average Bonchev–Trinajstić information content (AvgIpc) is 3.19. The molecule has 23 heavy (non-hydrogen) atoms. The van der Waals surface area contributed by atoms with Crippen LogP contribution in [0.1, 0.15) is 21.3 Å². The van der Waals surface area contributed by atoms with Gasteiger partial charge in [-0.15, -0.1) is 11.3 Å². The molecule has 0 aliphatic carbocycles. The molecular weight excluding hydrogens is 330 g/mol. The lowest BCUT2D eigenvalue weighted by Crippen LogP contribution is -2.28. The standard InChI is InChI=1S/C16H15N3O2S2/c1-19(2)16-18-15-13(23-16)7-12(22-15)14(20)17-10-8-21-11-6-4-3-5-9(10)11/h3-7,10H,8H2,1-2H3,(H,17,20). The SMILES string of the molecule is CN(C)c1nc2sc(C(=O)NC3COc4ccccc43)cc2s1. The number of amides is 1. The van der Waals surface area contributed by atoms with E-state index in [1.54, 1.807) is 11.3 Å². The third-order valence-corrected chi connectivity index (χ3v) is 6.02. The molecule has 1 amide bonds. The fourth-order valence-corrected chi connectivity index (χ4v) is 4.58. The summed E-state index contributed by atoms with van der Waals surface area (Å²) in [4.78, 5) is 20.6. The second-order valence-corrected chi connectivity index (χ2v) is 7.59. The zero-order chi connectivity index (χ0) is 16.0. The highest BCUT2D eigenvalue weighted by Crippen LogP contribution is 2.35. The molecule has 118 valence electrons. The molecule has 0 spiro atoms. The van der Waals surface area contributed by atoms with Crippen LogP contribution < -0.4 is 15.0 Å². The van der Waals surface area contributed by atoms with Crippen molar-refractivity contribution >= 4 is 43.2 Å². The Labute approximate surface area is 141 Å². The van der Waals surface area contributed by atoms with Gasteiger partial charge in [0, 0.05) is 19.7 Å². The van der Waals surface area contributed by atoms with Gasteiger partial charge in [0.1, 0.15) is 17.2 Å². The predicted octanol–water partition coefficient (Wildman–Crippen LogP) is 3.29. The number of carbonyl (C=O) groups excluding carboxylic acids is 1. The molecule has 2 aromatic heterocycles. The summed E-state index contributed by atoms with van der Waals surface area (Å²) in [6.45, 7) is 0.480. The van der Waals surface area contributed by atoms with Crippen LogP contribution in [0.15, 0.2) is 30.3 Å². The molecule has 5 nitrogen and oxygen atoms in total. The van der Waals surface area contributed by atoms with Crippen molar-refractivity contribution in [3.8, 4) is 5.75 Å². The minimum absolute atomic E-state index is 0.0723. The molecule has 1 aromatic carbocycles. The number of anilines is 1. The first-order chi connectivity index (χ1) is 11.1. The molecule has 1 unspecified atom stereocenters. The van der Waals surface area contributed by atoms with Crippen LogP contribution in [0.2, 0.25) is 0 Å². The number of nitrogens with zero attached hydrogens (tertiary/aromatic N) is 2. The molecule has 3 aromatic rings. The molecule has 3 heterocycles. The summed E-state index contributed by atoms with van der Waals surface area (Å²) in [5, 5.41) is 4.01. The van der Waals surface area contributed by atoms with E-state index in [1.165, 1.54) is 11.3 Å². The van der Waals surface area contributed by atoms with E-state index >= 15 is 0 Å². The number of benzene rings is 1. The second kappa shape index (κ2) is 5.50. The van der Waals surface area contributed by atoms with Crippen LogP contribution in [0.25, 0.3) is 9.53 Å². The van der Waals surface area contributed by atoms with Gasteiger partial charge in [-0.2, -0.15) is 0 Å². The van der Waals surface area contributed by atoms with Gasteiger partial charge >= 0.3 is 0 Å². The second-order valence-electron chi connectivity index (χ2n) is 5.55. The van der Waals surface area contributed by atoms with Gasteiger partial charge in [0.25, 0.3) is 5.91 Å². The van der Waals surface area contributed by atoms with Crippen LogP contribution in [-0.4, -0.2) is 31.6 Å². The van der Waals surface area contributed by atoms with Crippen LogP contribution in [0, 0.1) is 0 Å². The average molecular weight is 345 g/mol. The van der Waals surface area contributed by atoms with Crippen molar-refractivity contribution < 1.29 is 9.53 Å². The number of hydrogen-bond donors (Lipinski definition) is 1. The minimum atomic E-state index is -0.0934. The highest BCUT2D eigenvalue weighted by Gasteiger charge is 2.26. The van der Waals surface area contributed by atoms with Crippen LogP contribution in [0.4, 0.5) is 5.13 Å². The van der Waals surface area contributed by atoms with E-state index in [2.05, 4.69) is 10.3 Å². The number of nitrogens with one attached hydrogen (secondary N) is 1. The van der Waals surface area contributed by atoms with E-state index in [4.69, 9.17) is 4.74 Å². The Morgan fingerprint density at radius 2 is 2.17 bits per heavy atom. The molecular formula is C16H15N3O2S2. The Hall–Kier alpha value is -2.12. The number of thiophene rings is 1. The molecule has 0 saturated heterocycles. The fraction of sp³-hybridized carbons (Fsp3) is 0.250. The number of hydrogen-bond acceptors (Lipinski definition) is 6. The zero-order valence-electron chi connectivity index (χ0n) is 12.7. The third-order valence-electron chi connectivity index (χ3n) is 3.69. The molecule has 4 rings (SSSR count). The summed E-state index contributed by atoms with van der Waals surface area (Å²) in [6.07, 6.45) is 0. The first kappa shape index (κ1) is 14.5. The quantitative estimate of drug-likeness (QED) is 0.791. The summed E-state index contributed by atoms with van der Waals surface area (Å²) in [5.41, 5.74) is 1.03. The Morgan fingerprint density at radius 1 is 1.35 bits per heavy atom. The monoisotopic (exact) mass is 345 g/mol. The summed E-state index contributed by atoms with van der Waals surface area (Å²) in [7, 11) is 3.93. The van der Waals surface area contributed by atoms with Gasteiger partial charge in [-0.3, -0.25) is 4.79 Å². The Morgan fingerprint density at radius 3 is 2.96 bits per heavy atom. The largest absolute Gasteiger partial charge is 0.491 e. The Kier molecular flexibility index (Phi) is 3.46. The van der Waals surface area contributed by atoms with Gasteiger partial charge < -0.3 is 15.0 Å². The van der Waals surface area contributed by atoms with Gasteiger partial charge in [0.15, 0.2) is 5.13 Å². The van der Waals surface area contributed by atoms with Crippen molar-refractivity contribution in [3.63, 3.8) is 0 Å². The number of ether oxygens (including phenoxy) is 1. The van der Waals surface area contributed by atoms with Crippen molar-refractivity contribution in [2.45, 2.75) is 6.04 Å². The maximum Gasteiger partial charge on any atom is 0.262 e. The van der Waals surface area contributed by atoms with Gasteiger partial charge in [0.2, 0.25) is 0 Å². The normalized spacial score (nSPS) is 16.2. The van der Waals surface area contributed by atoms with Crippen molar-refractivity contribution in [1.29, 1.82) is 0 Å². The van der Waals surface area contributed by atoms with Gasteiger partial charge in [-0.05, 0) is 12.1 Å². The molecule has 0 bridgehead atoms. The number of carbonyl (C=O) groups is 1. The molecule has 1 aliphatic heterocycles. The number of rotatable bonds is 3. The summed E-state index contributed by atoms with van der Waals surface area (Å²) in [5.74, 6) is 0.777. The van der Waals surface area contributed by atoms with Gasteiger partial charge in [-0.1, -0.05) is 29.5 Å². The highest BCUT2D eigenvalue weighted by atomic mass is 32.1. The fourth-order valence-electron chi connectivity index (χ4n) is 2.54. The number of para-hydroxylation sites is 1. The van der Waals surface area contributed by atoms with E-state index in [1.807, 2.05) is 49.3 Å². The van der Waals surface area contributed by atoms with Crippen LogP contribution >= 0.6 is 22.7 Å². The number of aromatic nitrogens is 1. The smallest absolute Gasteiger partial charge is 0.262 e. The molecule has 0 fully saturated rings. The highest BCUT2D eigenvalue weighted by molar-refractivity contribution is 7.29. The lowest BCUT2D eigenvalue weighted by molar-refractivity contribution is 0.0934. The summed E-state index contributed by atoms with van der Waals surface area (Å²) >= 11 is 3.02. The van der Waals surface area contributed by atoms with Crippen molar-refractivity contribution in [2.24, 2.45) is 0 Å². The van der Waals surface area contributed by atoms with E-state index < -0.39 is 0 Å². The molecule has 0 radical (unpaired) electrons. The van der Waals surface area contributed by atoms with Crippen molar-refractivity contribution in [2.75, 3.05) is 25.6 Å². The molecule has 1 N–H and O–H groups in total. The van der Waals surface area contributed by atoms with Crippen LogP contribution in [0.5, 0.6) is 5.75 Å². The molecule has 1 atom stereocenters. The molecule has 0 saturated carbocycles. The number of thiazole rings is 1. The summed E-state index contributed by atoms with van der Waals surface area (Å²) < 4.78 is 6.65. The lowest BCUT2D eigenvalue weighted by atomic mass is 10.1. The molecule has 7 heteroatoms. The first-order valence-electron chi connectivity index (χ1n) is 7.22. The van der Waals surface area contributed by atoms with Gasteiger partial charge in [0.05, 0.1) is 15.6 Å². The van der Waals surface area contributed by atoms with Gasteiger partial charge in [-0.25, -0.2) is 4.98 Å². The van der Waals surface area contributed by atoms with E-state index in [-0.39, 0.29) is 11.9 Å². The maximum absolute atomic E-state index is 12.5. The lowest BCUT2D eigenvalue weighted by Gasteiger charge is -2.10. The number of fused-ring (bicyclic) bond motifs is 2. The predicted molar refractivity (Wildman–Crippen MR) is 94.0 cm³/mol. The van der Waals surface area contributed by atoms with E-state index in [9.17, 15) is 4.79 Å². The minimum Gasteiger partial charge on any atom is -0.491 e. The van der Waals surface area contributed by atoms with Crippen LogP contribution in [-0.2, 0) is 0 Å². The van der Waals surface area contributed by atoms with E-state index in [0.717, 1.165) is 26.0 Å². The topological polar surface area (TPSA) is 54.5 Å². The summed E-state index contributed by atoms with van der Waals surface area (Å²) in [6, 6.07) is 9.64. The van der Waals surface area contributed by atoms with Crippen molar-refractivity contribution in [1.82, 2.24) is 10.3 Å². The van der Waals surface area contributed by atoms with Crippen molar-refractivity contribution in [3.05, 3.63) is 40.8 Å². The molecule has 1 aliphatic rings. The zero-order valence-corrected chi connectivity index (χ0v) is 14.3. The first-order valence-corrected chi connectivity index (χ1v) is 8.85. The Bertz CT molecular complexity index is 853. The van der Waals surface area contributed by atoms with E-state index in [0.29, 0.717) is 11.5 Å². The Balaban J connectivity index is 1.54. The third kappa shape index (κ3) is 2.55. The van der Waals surface area contributed by atoms with Crippen LogP contribution in [0.3, 0.4) is 0 Å². The maximum atomic E-state index is 12.5.